The molecule has 0 aliphatic heterocycles. The van der Waals surface area contributed by atoms with Crippen LogP contribution in [0.2, 0.25) is 10.0 Å². The number of benzene rings is 8. The number of aromatic amines is 1. The average molecular weight is 2050 g/mol. The van der Waals surface area contributed by atoms with Gasteiger partial charge in [-0.05, 0) is 198 Å². The van der Waals surface area contributed by atoms with E-state index in [-0.39, 0.29) is 129 Å². The van der Waals surface area contributed by atoms with E-state index in [0.29, 0.717) is 122 Å². The monoisotopic (exact) mass is 2050 g/mol. The first-order valence-electron chi connectivity index (χ1n) is 42.3. The number of rotatable bonds is 32. The number of methoxy groups -OCH3 is 2. The van der Waals surface area contributed by atoms with Crippen molar-refractivity contribution in [1.82, 2.24) is 24.7 Å². The van der Waals surface area contributed by atoms with E-state index in [4.69, 9.17) is 42.7 Å². The molecule has 137 heavy (non-hydrogen) atoms. The highest BCUT2D eigenvalue weighted by Gasteiger charge is 2.23. The third kappa shape index (κ3) is 43.6. The Morgan fingerprint density at radius 3 is 1.36 bits per heavy atom. The lowest BCUT2D eigenvalue weighted by Crippen LogP contribution is -2.24. The molecule has 0 unspecified atom stereocenters. The van der Waals surface area contributed by atoms with Crippen LogP contribution in [-0.4, -0.2) is 179 Å². The highest BCUT2D eigenvalue weighted by atomic mass is 35.5. The number of carbonyl (C=O) groups is 13. The van der Waals surface area contributed by atoms with Crippen LogP contribution in [-0.2, 0) is 107 Å². The number of amides is 1. The number of halogens is 2. The summed E-state index contributed by atoms with van der Waals surface area (Å²) in [5, 5.41) is 18.0. The summed E-state index contributed by atoms with van der Waals surface area (Å²) in [5.74, 6) is 0.454. The molecule has 2 N–H and O–H groups in total. The number of Topliss-reactive ketones (excluding diaryl/α,β-unsaturated/α-hetero) is 7. The zero-order valence-electron chi connectivity index (χ0n) is 77.5. The van der Waals surface area contributed by atoms with Crippen LogP contribution in [0.15, 0.2) is 199 Å². The van der Waals surface area contributed by atoms with E-state index < -0.39 is 23.1 Å². The SMILES string of the molecule is CC(C)(C)OC(=O)c1ccc(CC(=O)CS)cc1.CC(C)(C)OC(=O)c1cccc(CC(=O)CS)c1.CCCCOC(=O)c1ccc(CC(=O)CS)cc1.COC(=O)c1ccc(Cl)cc1CC(=O)CS.COC(=O)c1cccc(CC(=O)CS)c1.Cc1nc(C)c(Cl)c(CC(=O)CS)n1.N#Cc1cnn(-c2ccccc2)c1NC(=O)CS.O=C(CS)Cc1ccc2[nH]c3ccccc3c(=O)c2c1. The molecule has 726 valence electrons. The van der Waals surface area contributed by atoms with E-state index in [9.17, 15) is 67.1 Å². The van der Waals surface area contributed by atoms with Crippen molar-refractivity contribution in [2.24, 2.45) is 0 Å². The molecule has 3 aromatic heterocycles. The third-order valence-electron chi connectivity index (χ3n) is 18.1. The van der Waals surface area contributed by atoms with Crippen LogP contribution in [0.1, 0.15) is 169 Å². The van der Waals surface area contributed by atoms with Gasteiger partial charge in [0, 0.05) is 106 Å². The van der Waals surface area contributed by atoms with E-state index in [1.165, 1.54) is 25.1 Å². The Hall–Kier alpha value is -11.1. The van der Waals surface area contributed by atoms with Gasteiger partial charge < -0.3 is 34.0 Å². The van der Waals surface area contributed by atoms with Gasteiger partial charge in [-0.2, -0.15) is 111 Å². The molecule has 26 nitrogen and oxygen atoms in total. The molecule has 0 saturated carbocycles. The lowest BCUT2D eigenvalue weighted by molar-refractivity contribution is -0.116. The molecular formula is C101H111Cl2N7O19S8. The molecule has 36 heteroatoms. The molecule has 0 saturated heterocycles. The zero-order valence-corrected chi connectivity index (χ0v) is 86.2. The summed E-state index contributed by atoms with van der Waals surface area (Å²) in [6.07, 6.45) is 5.26. The third-order valence-corrected chi connectivity index (χ3v) is 21.6. The number of unbranched alkanes of at least 4 members (excludes halogenated alkanes) is 1. The largest absolute Gasteiger partial charge is 0.465 e. The second-order valence-corrected chi connectivity index (χ2v) is 35.0. The smallest absolute Gasteiger partial charge is 0.338 e. The Morgan fingerprint density at radius 2 is 0.891 bits per heavy atom. The zero-order chi connectivity index (χ0) is 102. The van der Waals surface area contributed by atoms with Crippen molar-refractivity contribution in [2.75, 3.05) is 72.2 Å². The molecule has 0 atom stereocenters. The van der Waals surface area contributed by atoms with E-state index >= 15 is 0 Å². The van der Waals surface area contributed by atoms with Gasteiger partial charge in [-0.15, -0.1) is 0 Å². The van der Waals surface area contributed by atoms with Crippen molar-refractivity contribution in [3.8, 4) is 11.8 Å². The number of ether oxygens (including phenoxy) is 5. The summed E-state index contributed by atoms with van der Waals surface area (Å²) in [4.78, 5) is 172. The fraction of sp³-hybridized carbons (Fsp3) is 0.307. The topological polar surface area (TPSA) is 380 Å². The highest BCUT2D eigenvalue weighted by molar-refractivity contribution is 7.82. The maximum Gasteiger partial charge on any atom is 0.338 e. The molecule has 11 aromatic rings. The van der Waals surface area contributed by atoms with E-state index in [1.807, 2.05) is 121 Å². The minimum absolute atomic E-state index is 0.00507. The number of nitrogens with one attached hydrogen (secondary N) is 2. The maximum absolute atomic E-state index is 12.5. The number of esters is 5. The first-order valence-corrected chi connectivity index (χ1v) is 48.2. The summed E-state index contributed by atoms with van der Waals surface area (Å²) in [7, 11) is 2.62. The normalized spacial score (nSPS) is 10.4. The summed E-state index contributed by atoms with van der Waals surface area (Å²) in [6.45, 7) is 17.0. The number of fused-ring (bicyclic) bond motifs is 2. The molecule has 0 aliphatic rings. The number of hydrogen-bond acceptors (Lipinski definition) is 31. The van der Waals surface area contributed by atoms with Crippen LogP contribution in [0, 0.1) is 25.2 Å². The minimum atomic E-state index is -0.520. The molecule has 0 spiro atoms. The Labute approximate surface area is 851 Å². The van der Waals surface area contributed by atoms with Crippen molar-refractivity contribution < 1.29 is 86.0 Å². The number of para-hydroxylation sites is 2. The van der Waals surface area contributed by atoms with E-state index in [2.05, 4.69) is 136 Å². The number of aromatic nitrogens is 5. The molecule has 0 aliphatic carbocycles. The summed E-state index contributed by atoms with van der Waals surface area (Å²) < 4.78 is 26.3. The van der Waals surface area contributed by atoms with Gasteiger partial charge in [0.25, 0.3) is 0 Å². The van der Waals surface area contributed by atoms with Crippen molar-refractivity contribution in [3.63, 3.8) is 0 Å². The molecule has 11 rings (SSSR count). The number of nitriles is 1. The Bertz CT molecular complexity index is 6080. The number of carbonyl (C=O) groups excluding carboxylic acids is 13. The molecule has 0 fully saturated rings. The Morgan fingerprint density at radius 1 is 0.453 bits per heavy atom. The predicted molar refractivity (Wildman–Crippen MR) is 563 cm³/mol. The highest BCUT2D eigenvalue weighted by Crippen LogP contribution is 2.25. The number of H-pyrrole nitrogens is 1. The fourth-order valence-corrected chi connectivity index (χ4v) is 12.9. The van der Waals surface area contributed by atoms with Crippen LogP contribution in [0.4, 0.5) is 5.82 Å². The van der Waals surface area contributed by atoms with Crippen molar-refractivity contribution >= 4 is 228 Å². The van der Waals surface area contributed by atoms with Gasteiger partial charge in [0.05, 0.1) is 89.1 Å². The lowest BCUT2D eigenvalue weighted by atomic mass is 10.0. The summed E-state index contributed by atoms with van der Waals surface area (Å²) >= 11 is 43.1. The first kappa shape index (κ1) is 118. The van der Waals surface area contributed by atoms with Gasteiger partial charge in [-0.3, -0.25) is 43.2 Å². The Balaban J connectivity index is 0.000000328. The van der Waals surface area contributed by atoms with Crippen molar-refractivity contribution in [3.05, 3.63) is 298 Å². The number of thiol groups is 8. The van der Waals surface area contributed by atoms with Crippen molar-refractivity contribution in [2.45, 2.75) is 131 Å². The van der Waals surface area contributed by atoms with Crippen molar-refractivity contribution in [1.29, 1.82) is 5.26 Å². The predicted octanol–water partition coefficient (Wildman–Crippen LogP) is 17.9. The average Bonchev–Trinajstić information content (AvgIpc) is 1.20. The number of hydrogen-bond donors (Lipinski definition) is 10. The van der Waals surface area contributed by atoms with E-state index in [1.54, 1.807) is 135 Å². The van der Waals surface area contributed by atoms with Gasteiger partial charge in [0.15, 0.2) is 11.2 Å². The second kappa shape index (κ2) is 62.0. The standard InChI is InChI=1S/C16H13NO2S.3C14H18O3S.C12H10N4OS.C11H11ClO3S.C11H12O3S.C9H11ClN2OS/c18-11(9-20)7-10-5-6-15-13(8-10)16(19)12-3-1-2-4-14(12)17-15;1-14(2,3)17-13(16)11-6-4-10(5-7-11)8-12(15)9-18;1-14(2,3)17-13(16)11-6-4-5-10(7-11)8-12(15)9-18;1-2-3-8-17-14(16)12-6-4-11(5-7-12)9-13(15)10-18;13-6-9-7-14-16(10-4-2-1-3-5-10)12(9)15-11(17)8-18;1-15-11(14)10-3-2-8(12)4-7(10)5-9(13)6-16;1-14-11(13)9-4-2-3-8(5-9)6-10(12)7-15;1-5-9(10)8(3-7(13)4-14)12-6(2)11-5/h1-6,8,20H,7,9H2,(H,17,19);2*4-7,18H,8-9H2,1-3H3;4-7,18H,2-3,8-10H2,1H3;1-5,7,18H,8H2,(H,15,17);2-4,16H,5-6H2,1H3;2-5,15H,6-7H2,1H3;14H,3-4H2,1-2H3. The molecular weight excluding hydrogens is 1940 g/mol. The molecule has 0 bridgehead atoms. The fourth-order valence-electron chi connectivity index (χ4n) is 11.7. The molecule has 0 radical (unpaired) electrons. The van der Waals surface area contributed by atoms with Crippen LogP contribution in [0.5, 0.6) is 0 Å². The Kier molecular flexibility index (Phi) is 53.5. The number of ketones is 7. The minimum Gasteiger partial charge on any atom is -0.465 e. The molecule has 3 heterocycles. The van der Waals surface area contributed by atoms with Gasteiger partial charge >= 0.3 is 29.8 Å². The van der Waals surface area contributed by atoms with Gasteiger partial charge in [-0.25, -0.2) is 38.6 Å². The summed E-state index contributed by atoms with van der Waals surface area (Å²) in [6, 6.07) is 56.5. The van der Waals surface area contributed by atoms with Crippen LogP contribution in [0.25, 0.3) is 27.5 Å². The number of nitrogens with zero attached hydrogens (tertiary/aromatic N) is 5. The van der Waals surface area contributed by atoms with Crippen LogP contribution < -0.4 is 10.7 Å². The lowest BCUT2D eigenvalue weighted by Gasteiger charge is -2.19. The van der Waals surface area contributed by atoms with Crippen LogP contribution in [0.3, 0.4) is 0 Å². The number of pyridine rings is 1. The van der Waals surface area contributed by atoms with Gasteiger partial charge in [0.1, 0.15) is 69.1 Å². The summed E-state index contributed by atoms with van der Waals surface area (Å²) in [5.41, 5.74) is 10.1. The van der Waals surface area contributed by atoms with E-state index in [0.717, 1.165) is 57.4 Å². The van der Waals surface area contributed by atoms with Gasteiger partial charge in [-0.1, -0.05) is 121 Å². The number of anilines is 1. The molecule has 8 aromatic carbocycles. The number of aryl methyl sites for hydroxylation is 2. The van der Waals surface area contributed by atoms with Crippen LogP contribution >= 0.6 is 124 Å². The molecule has 1 amide bonds. The quantitative estimate of drug-likeness (QED) is 0.00615. The first-order chi connectivity index (χ1) is 65.0. The second-order valence-electron chi connectivity index (χ2n) is 31.7. The maximum atomic E-state index is 12.5. The van der Waals surface area contributed by atoms with Gasteiger partial charge in [0.2, 0.25) is 5.91 Å².